The molecule has 0 radical (unpaired) electrons. The first kappa shape index (κ1) is 10.8. The summed E-state index contributed by atoms with van der Waals surface area (Å²) in [7, 11) is 0. The van der Waals surface area contributed by atoms with Gasteiger partial charge in [0.25, 0.3) is 0 Å². The predicted molar refractivity (Wildman–Crippen MR) is 63.4 cm³/mol. The third-order valence-electron chi connectivity index (χ3n) is 2.31. The molecule has 16 heavy (non-hydrogen) atoms. The van der Waals surface area contributed by atoms with Gasteiger partial charge in [0.2, 0.25) is 6.08 Å². The zero-order chi connectivity index (χ0) is 11.4. The lowest BCUT2D eigenvalue weighted by Crippen LogP contribution is -1.93. The number of carbonyl (C=O) groups excluding carboxylic acids is 1. The second-order valence-corrected chi connectivity index (χ2v) is 3.71. The molecule has 0 bridgehead atoms. The van der Waals surface area contributed by atoms with E-state index in [1.807, 2.05) is 30.3 Å². The lowest BCUT2D eigenvalue weighted by Gasteiger charge is -2.03. The van der Waals surface area contributed by atoms with Crippen LogP contribution in [0.1, 0.15) is 5.56 Å². The van der Waals surface area contributed by atoms with E-state index in [2.05, 4.69) is 9.98 Å². The van der Waals surface area contributed by atoms with Gasteiger partial charge in [0.05, 0.1) is 12.1 Å². The molecule has 0 spiro atoms. The highest BCUT2D eigenvalue weighted by Crippen LogP contribution is 2.20. The maximum absolute atomic E-state index is 9.95. The van der Waals surface area contributed by atoms with Crippen LogP contribution < -0.4 is 0 Å². The Labute approximate surface area is 97.8 Å². The zero-order valence-corrected chi connectivity index (χ0v) is 9.24. The molecule has 0 unspecified atom stereocenters. The number of rotatable bonds is 3. The van der Waals surface area contributed by atoms with Crippen molar-refractivity contribution in [1.82, 2.24) is 4.98 Å². The Hall–Kier alpha value is -1.70. The summed E-state index contributed by atoms with van der Waals surface area (Å²) < 4.78 is 0. The van der Waals surface area contributed by atoms with Crippen LogP contribution in [0.2, 0.25) is 5.15 Å². The van der Waals surface area contributed by atoms with Crippen molar-refractivity contribution in [3.05, 3.63) is 41.0 Å². The minimum absolute atomic E-state index is 0.392. The van der Waals surface area contributed by atoms with Crippen molar-refractivity contribution >= 4 is 28.6 Å². The van der Waals surface area contributed by atoms with E-state index >= 15 is 0 Å². The number of aliphatic imine (C=N–C) groups is 1. The number of hydrogen-bond donors (Lipinski definition) is 0. The molecule has 0 aliphatic carbocycles. The van der Waals surface area contributed by atoms with Gasteiger partial charge < -0.3 is 0 Å². The van der Waals surface area contributed by atoms with E-state index in [9.17, 15) is 4.79 Å². The number of isocyanates is 1. The van der Waals surface area contributed by atoms with E-state index in [4.69, 9.17) is 11.6 Å². The quantitative estimate of drug-likeness (QED) is 0.464. The van der Waals surface area contributed by atoms with Gasteiger partial charge in [-0.3, -0.25) is 0 Å². The first-order chi connectivity index (χ1) is 7.81. The van der Waals surface area contributed by atoms with E-state index in [1.165, 1.54) is 6.08 Å². The van der Waals surface area contributed by atoms with Gasteiger partial charge in [0.1, 0.15) is 5.15 Å². The molecule has 0 atom stereocenters. The molecule has 3 nitrogen and oxygen atoms in total. The van der Waals surface area contributed by atoms with Crippen LogP contribution in [0.3, 0.4) is 0 Å². The molecule has 0 amide bonds. The average Bonchev–Trinajstić information content (AvgIpc) is 2.30. The fourth-order valence-corrected chi connectivity index (χ4v) is 1.77. The van der Waals surface area contributed by atoms with Crippen molar-refractivity contribution < 1.29 is 4.79 Å². The smallest absolute Gasteiger partial charge is 0.234 e. The number of benzene rings is 1. The van der Waals surface area contributed by atoms with Gasteiger partial charge in [0, 0.05) is 5.39 Å². The summed E-state index contributed by atoms with van der Waals surface area (Å²) in [5.41, 5.74) is 1.77. The summed E-state index contributed by atoms with van der Waals surface area (Å²) in [6, 6.07) is 9.73. The lowest BCUT2D eigenvalue weighted by atomic mass is 10.1. The fraction of sp³-hybridized carbons (Fsp3) is 0.167. The number of fused-ring (bicyclic) bond motifs is 1. The number of aromatic nitrogens is 1. The van der Waals surface area contributed by atoms with Gasteiger partial charge in [-0.15, -0.1) is 0 Å². The van der Waals surface area contributed by atoms with E-state index < -0.39 is 0 Å². The number of nitrogens with zero attached hydrogens (tertiary/aromatic N) is 2. The van der Waals surface area contributed by atoms with Crippen molar-refractivity contribution in [2.45, 2.75) is 6.42 Å². The van der Waals surface area contributed by atoms with E-state index in [0.29, 0.717) is 18.1 Å². The summed E-state index contributed by atoms with van der Waals surface area (Å²) in [5.74, 6) is 0. The van der Waals surface area contributed by atoms with E-state index in [0.717, 1.165) is 16.5 Å². The Morgan fingerprint density at radius 2 is 2.19 bits per heavy atom. The summed E-state index contributed by atoms with van der Waals surface area (Å²) >= 11 is 6.03. The van der Waals surface area contributed by atoms with Gasteiger partial charge in [0.15, 0.2) is 0 Å². The third kappa shape index (κ3) is 2.27. The first-order valence-corrected chi connectivity index (χ1v) is 5.27. The van der Waals surface area contributed by atoms with Gasteiger partial charge in [-0.05, 0) is 24.1 Å². The standard InChI is InChI=1S/C12H9ClN2O/c13-12-10(5-6-14-8-16)7-9-3-1-2-4-11(9)15-12/h1-4,7H,5-6H2. The number of pyridine rings is 1. The van der Waals surface area contributed by atoms with Crippen molar-refractivity contribution in [3.63, 3.8) is 0 Å². The van der Waals surface area contributed by atoms with Crippen molar-refractivity contribution in [1.29, 1.82) is 0 Å². The van der Waals surface area contributed by atoms with Crippen LogP contribution >= 0.6 is 11.6 Å². The van der Waals surface area contributed by atoms with E-state index in [-0.39, 0.29) is 0 Å². The van der Waals surface area contributed by atoms with Crippen LogP contribution in [0.5, 0.6) is 0 Å². The summed E-state index contributed by atoms with van der Waals surface area (Å²) in [6.07, 6.45) is 2.11. The number of para-hydroxylation sites is 1. The van der Waals surface area contributed by atoms with Gasteiger partial charge in [-0.1, -0.05) is 29.8 Å². The molecule has 0 aliphatic heterocycles. The minimum atomic E-state index is 0.392. The lowest BCUT2D eigenvalue weighted by molar-refractivity contribution is 0.563. The number of halogens is 1. The SMILES string of the molecule is O=C=NCCc1cc2ccccc2nc1Cl. The Kier molecular flexibility index (Phi) is 3.30. The van der Waals surface area contributed by atoms with Crippen LogP contribution in [0.4, 0.5) is 0 Å². The van der Waals surface area contributed by atoms with Crippen LogP contribution in [-0.4, -0.2) is 17.6 Å². The molecule has 1 aromatic heterocycles. The normalized spacial score (nSPS) is 10.1. The molecular weight excluding hydrogens is 224 g/mol. The first-order valence-electron chi connectivity index (χ1n) is 4.89. The second-order valence-electron chi connectivity index (χ2n) is 3.35. The molecular formula is C12H9ClN2O. The van der Waals surface area contributed by atoms with Crippen LogP contribution in [-0.2, 0) is 11.2 Å². The molecule has 2 aromatic rings. The molecule has 4 heteroatoms. The monoisotopic (exact) mass is 232 g/mol. The minimum Gasteiger partial charge on any atom is -0.236 e. The highest BCUT2D eigenvalue weighted by molar-refractivity contribution is 6.30. The average molecular weight is 233 g/mol. The second kappa shape index (κ2) is 4.88. The molecule has 0 aliphatic rings. The maximum Gasteiger partial charge on any atom is 0.234 e. The van der Waals surface area contributed by atoms with Gasteiger partial charge >= 0.3 is 0 Å². The highest BCUT2D eigenvalue weighted by atomic mass is 35.5. The molecule has 80 valence electrons. The molecule has 1 aromatic carbocycles. The molecule has 2 rings (SSSR count). The van der Waals surface area contributed by atoms with Crippen molar-refractivity contribution in [2.75, 3.05) is 6.54 Å². The summed E-state index contributed by atoms with van der Waals surface area (Å²) in [5, 5.41) is 1.51. The third-order valence-corrected chi connectivity index (χ3v) is 2.63. The molecule has 0 saturated carbocycles. The van der Waals surface area contributed by atoms with Crippen molar-refractivity contribution in [3.8, 4) is 0 Å². The molecule has 0 fully saturated rings. The van der Waals surface area contributed by atoms with Crippen LogP contribution in [0.25, 0.3) is 10.9 Å². The van der Waals surface area contributed by atoms with E-state index in [1.54, 1.807) is 0 Å². The Bertz CT molecular complexity index is 562. The maximum atomic E-state index is 9.95. The van der Waals surface area contributed by atoms with Crippen LogP contribution in [0.15, 0.2) is 35.3 Å². The Morgan fingerprint density at radius 3 is 3.00 bits per heavy atom. The van der Waals surface area contributed by atoms with Crippen LogP contribution in [0, 0.1) is 0 Å². The van der Waals surface area contributed by atoms with Gasteiger partial charge in [-0.25, -0.2) is 14.8 Å². The predicted octanol–water partition coefficient (Wildman–Crippen LogP) is 2.77. The topological polar surface area (TPSA) is 42.3 Å². The molecule has 0 saturated heterocycles. The van der Waals surface area contributed by atoms with Gasteiger partial charge in [-0.2, -0.15) is 0 Å². The number of hydrogen-bond acceptors (Lipinski definition) is 3. The summed E-state index contributed by atoms with van der Waals surface area (Å²) in [4.78, 5) is 17.7. The summed E-state index contributed by atoms with van der Waals surface area (Å²) in [6.45, 7) is 0.392. The Balaban J connectivity index is 2.38. The highest BCUT2D eigenvalue weighted by Gasteiger charge is 2.03. The fourth-order valence-electron chi connectivity index (χ4n) is 1.53. The molecule has 1 heterocycles. The zero-order valence-electron chi connectivity index (χ0n) is 8.48. The molecule has 0 N–H and O–H groups in total. The van der Waals surface area contributed by atoms with Crippen molar-refractivity contribution in [2.24, 2.45) is 4.99 Å². The largest absolute Gasteiger partial charge is 0.236 e. The Morgan fingerprint density at radius 1 is 1.38 bits per heavy atom.